The minimum absolute atomic E-state index is 0. The molecule has 0 fully saturated rings. The molecule has 10 nitrogen and oxygen atoms in total. The number of allylic oxidation sites excluding steroid dienone is 4. The maximum Gasteiger partial charge on any atom is 0.303 e. The van der Waals surface area contributed by atoms with Gasteiger partial charge in [-0.05, 0) is 75.6 Å². The summed E-state index contributed by atoms with van der Waals surface area (Å²) < 4.78 is 70.8. The van der Waals surface area contributed by atoms with Gasteiger partial charge in [0.2, 0.25) is 5.69 Å². The van der Waals surface area contributed by atoms with Crippen LogP contribution in [0.1, 0.15) is 71.4 Å². The number of fused-ring (bicyclic) bond motifs is 2. The van der Waals surface area contributed by atoms with E-state index in [-0.39, 0.29) is 67.6 Å². The molecule has 0 saturated heterocycles. The molecule has 0 amide bonds. The standard InChI is InChI=1S/C31H38N2O8S2.K/c1-6-32-25-16-14-21(42(36,37)38)19-23(25)30(2,3)27(32)11-10-12-28-31(4,5)24-20-22(43(39,40)41)15-17-26(24)33(28)18-9-7-8-13-29(34)35;/h10-12,14-17,19-20H,6-9,13,18H2,1-5H3,(H2-,34,35,36,37,38,39,40,41);. The number of hydrogen-bond acceptors (Lipinski definition) is 7. The average Bonchev–Trinajstić information content (AvgIpc) is 3.25. The second-order valence-corrected chi connectivity index (χ2v) is 14.7. The molecule has 0 bridgehead atoms. The van der Waals surface area contributed by atoms with Gasteiger partial charge in [-0.3, -0.25) is 9.35 Å². The van der Waals surface area contributed by atoms with E-state index in [9.17, 15) is 30.7 Å². The molecule has 2 aliphatic rings. The number of benzene rings is 2. The molecule has 2 aromatic carbocycles. The number of carboxylic acid groups (broad SMARTS) is 1. The number of aliphatic carboxylic acids is 1. The zero-order valence-corrected chi connectivity index (χ0v) is 30.7. The predicted octanol–water partition coefficient (Wildman–Crippen LogP) is 4.74. The summed E-state index contributed by atoms with van der Waals surface area (Å²) in [6, 6.07) is 9.02. The van der Waals surface area contributed by atoms with Crippen molar-refractivity contribution in [3.63, 3.8) is 0 Å². The van der Waals surface area contributed by atoms with Crippen molar-refractivity contribution < 1.29 is 40.4 Å². The molecular formula is C31H38KN2O8S2. The molecule has 0 spiro atoms. The monoisotopic (exact) mass is 669 g/mol. The van der Waals surface area contributed by atoms with Gasteiger partial charge >= 0.3 is 5.97 Å². The van der Waals surface area contributed by atoms with E-state index in [1.807, 2.05) is 52.8 Å². The van der Waals surface area contributed by atoms with Gasteiger partial charge in [0.15, 0.2) is 5.71 Å². The van der Waals surface area contributed by atoms with Crippen LogP contribution in [-0.2, 0) is 35.9 Å². The Hall–Kier alpha value is -1.68. The van der Waals surface area contributed by atoms with Crippen LogP contribution in [0.3, 0.4) is 0 Å². The molecule has 0 aliphatic carbocycles. The van der Waals surface area contributed by atoms with Crippen LogP contribution in [-0.4, -0.2) is 112 Å². The second-order valence-electron chi connectivity index (χ2n) is 11.9. The zero-order chi connectivity index (χ0) is 32.0. The largest absolute Gasteiger partial charge is 0.744 e. The van der Waals surface area contributed by atoms with Crippen LogP contribution >= 0.6 is 0 Å². The van der Waals surface area contributed by atoms with Crippen LogP contribution in [0.25, 0.3) is 0 Å². The van der Waals surface area contributed by atoms with Crippen LogP contribution in [0.2, 0.25) is 0 Å². The number of likely N-dealkylation sites (N-methyl/N-ethyl adjacent to an activating group) is 1. The van der Waals surface area contributed by atoms with E-state index < -0.39 is 37.0 Å². The predicted molar refractivity (Wildman–Crippen MR) is 169 cm³/mol. The molecule has 0 unspecified atom stereocenters. The van der Waals surface area contributed by atoms with Crippen molar-refractivity contribution in [2.45, 2.75) is 80.9 Å². The summed E-state index contributed by atoms with van der Waals surface area (Å²) in [6.45, 7) is 11.1. The van der Waals surface area contributed by atoms with Gasteiger partial charge in [0, 0.05) is 105 Å². The minimum atomic E-state index is -4.61. The van der Waals surface area contributed by atoms with E-state index in [0.29, 0.717) is 25.9 Å². The Labute approximate surface area is 302 Å². The summed E-state index contributed by atoms with van der Waals surface area (Å²) in [4.78, 5) is 12.6. The summed E-state index contributed by atoms with van der Waals surface area (Å²) in [5, 5.41) is 8.98. The van der Waals surface area contributed by atoms with E-state index in [0.717, 1.165) is 40.3 Å². The Bertz CT molecular complexity index is 1780. The van der Waals surface area contributed by atoms with E-state index >= 15 is 0 Å². The molecule has 2 heterocycles. The first-order valence-corrected chi connectivity index (χ1v) is 17.0. The number of carboxylic acids is 1. The zero-order valence-electron chi connectivity index (χ0n) is 26.0. The second kappa shape index (κ2) is 13.6. The molecule has 2 N–H and O–H groups in total. The first-order valence-electron chi connectivity index (χ1n) is 14.2. The molecule has 0 atom stereocenters. The summed E-state index contributed by atoms with van der Waals surface area (Å²) in [7, 11) is -9.02. The van der Waals surface area contributed by atoms with Crippen molar-refractivity contribution in [1.29, 1.82) is 0 Å². The van der Waals surface area contributed by atoms with Crippen LogP contribution in [0.5, 0.6) is 0 Å². The van der Waals surface area contributed by atoms with Gasteiger partial charge in [0.1, 0.15) is 16.7 Å². The van der Waals surface area contributed by atoms with Crippen LogP contribution in [0.15, 0.2) is 70.1 Å². The smallest absolute Gasteiger partial charge is 0.303 e. The summed E-state index contributed by atoms with van der Waals surface area (Å²) in [6.07, 6.45) is 7.93. The number of nitrogens with zero attached hydrogens (tertiary/aromatic N) is 2. The fourth-order valence-corrected chi connectivity index (χ4v) is 7.16. The number of anilines is 1. The van der Waals surface area contributed by atoms with Gasteiger partial charge in [-0.15, -0.1) is 0 Å². The Kier molecular flexibility index (Phi) is 11.4. The molecular weight excluding hydrogens is 632 g/mol. The molecule has 4 rings (SSSR count). The third-order valence-electron chi connectivity index (χ3n) is 8.41. The number of unbranched alkanes of at least 4 members (excludes halogenated alkanes) is 2. The Balaban J connectivity index is 0.00000529. The van der Waals surface area contributed by atoms with Gasteiger partial charge in [0.25, 0.3) is 10.1 Å². The molecule has 44 heavy (non-hydrogen) atoms. The maximum atomic E-state index is 11.9. The van der Waals surface area contributed by atoms with Gasteiger partial charge in [-0.25, -0.2) is 8.42 Å². The topological polar surface area (TPSA) is 155 Å². The summed E-state index contributed by atoms with van der Waals surface area (Å²) >= 11 is 0. The minimum Gasteiger partial charge on any atom is -0.744 e. The number of carbonyl (C=O) groups is 1. The van der Waals surface area contributed by atoms with Gasteiger partial charge in [0.05, 0.1) is 15.2 Å². The van der Waals surface area contributed by atoms with Gasteiger partial charge < -0.3 is 14.6 Å². The molecule has 0 aromatic heterocycles. The van der Waals surface area contributed by atoms with Crippen LogP contribution in [0, 0.1) is 0 Å². The Morgan fingerprint density at radius 2 is 1.59 bits per heavy atom. The molecule has 0 saturated carbocycles. The molecule has 233 valence electrons. The van der Waals surface area contributed by atoms with Crippen molar-refractivity contribution >= 4 is 94.7 Å². The molecule has 1 radical (unpaired) electrons. The third-order valence-corrected chi connectivity index (χ3v) is 10.1. The molecule has 13 heteroatoms. The van der Waals surface area contributed by atoms with Crippen LogP contribution in [0.4, 0.5) is 11.4 Å². The SMILES string of the molecule is CCN1/C(=C\C=C\C2=[N+](CCCCCC(=O)O)c3ccc(S(=O)(=O)O)cc3C2(C)C)C(C)(C)c2cc(S(=O)(=O)[O-])ccc21.[K]. The first kappa shape index (κ1) is 36.8. The first-order chi connectivity index (χ1) is 19.9. The van der Waals surface area contributed by atoms with Crippen molar-refractivity contribution in [3.8, 4) is 0 Å². The Morgan fingerprint density at radius 3 is 2.18 bits per heavy atom. The Morgan fingerprint density at radius 1 is 0.955 bits per heavy atom. The average molecular weight is 670 g/mol. The quantitative estimate of drug-likeness (QED) is 0.149. The summed E-state index contributed by atoms with van der Waals surface area (Å²) in [5.41, 5.74) is 3.75. The molecule has 2 aromatic rings. The third kappa shape index (κ3) is 7.31. The van der Waals surface area contributed by atoms with E-state index in [4.69, 9.17) is 5.11 Å². The number of hydrogen-bond donors (Lipinski definition) is 2. The van der Waals surface area contributed by atoms with E-state index in [1.165, 1.54) is 24.3 Å². The van der Waals surface area contributed by atoms with E-state index in [1.54, 1.807) is 12.1 Å². The normalized spacial score (nSPS) is 18.1. The van der Waals surface area contributed by atoms with Crippen molar-refractivity contribution in [1.82, 2.24) is 0 Å². The molecule has 2 aliphatic heterocycles. The van der Waals surface area contributed by atoms with E-state index in [2.05, 4.69) is 9.48 Å². The maximum absolute atomic E-state index is 11.9. The van der Waals surface area contributed by atoms with Crippen molar-refractivity contribution in [3.05, 3.63) is 71.5 Å². The fourth-order valence-electron chi connectivity index (χ4n) is 6.16. The number of rotatable bonds is 11. The van der Waals surface area contributed by atoms with Crippen molar-refractivity contribution in [2.75, 3.05) is 18.0 Å². The van der Waals surface area contributed by atoms with Crippen molar-refractivity contribution in [2.24, 2.45) is 0 Å². The van der Waals surface area contributed by atoms with Gasteiger partial charge in [-0.1, -0.05) is 19.9 Å². The van der Waals surface area contributed by atoms with Gasteiger partial charge in [-0.2, -0.15) is 13.0 Å². The fraction of sp³-hybridized carbons (Fsp3) is 0.419. The van der Waals surface area contributed by atoms with Crippen LogP contribution < -0.4 is 4.90 Å². The summed E-state index contributed by atoms with van der Waals surface area (Å²) in [5.74, 6) is -0.836.